The highest BCUT2D eigenvalue weighted by atomic mass is 19.4. The van der Waals surface area contributed by atoms with Crippen molar-refractivity contribution in [1.29, 1.82) is 5.26 Å². The average molecular weight is 427 g/mol. The lowest BCUT2D eigenvalue weighted by Crippen LogP contribution is -2.10. The van der Waals surface area contributed by atoms with E-state index in [1.165, 1.54) is 17.0 Å². The minimum Gasteiger partial charge on any atom is -0.357 e. The van der Waals surface area contributed by atoms with Crippen molar-refractivity contribution in [3.05, 3.63) is 65.4 Å². The normalized spacial score (nSPS) is 11.5. The second-order valence-corrected chi connectivity index (χ2v) is 6.52. The van der Waals surface area contributed by atoms with Gasteiger partial charge in [0.05, 0.1) is 24.1 Å². The van der Waals surface area contributed by atoms with Crippen LogP contribution in [0.1, 0.15) is 16.8 Å². The van der Waals surface area contributed by atoms with Gasteiger partial charge in [-0.1, -0.05) is 12.1 Å². The summed E-state index contributed by atoms with van der Waals surface area (Å²) in [5.41, 5.74) is 0.549. The number of benzene rings is 1. The van der Waals surface area contributed by atoms with Gasteiger partial charge in [-0.3, -0.25) is 0 Å². The van der Waals surface area contributed by atoms with Gasteiger partial charge in [-0.05, 0) is 29.8 Å². The van der Waals surface area contributed by atoms with Crippen LogP contribution in [0.15, 0.2) is 42.7 Å². The molecule has 4 rings (SSSR count). The second-order valence-electron chi connectivity index (χ2n) is 6.52. The Morgan fingerprint density at radius 1 is 1.13 bits per heavy atom. The summed E-state index contributed by atoms with van der Waals surface area (Å²) in [5, 5.41) is 11.9. The number of rotatable bonds is 4. The Kier molecular flexibility index (Phi) is 4.98. The first-order valence-corrected chi connectivity index (χ1v) is 8.94. The monoisotopic (exact) mass is 427 g/mol. The van der Waals surface area contributed by atoms with Crippen molar-refractivity contribution in [2.45, 2.75) is 12.7 Å². The van der Waals surface area contributed by atoms with Gasteiger partial charge >= 0.3 is 6.18 Å². The Hall–Kier alpha value is -4.07. The molecular weight excluding hydrogens is 414 g/mol. The molecule has 1 N–H and O–H groups in total. The molecule has 0 amide bonds. The molecule has 0 saturated heterocycles. The van der Waals surface area contributed by atoms with Crippen molar-refractivity contribution >= 4 is 17.1 Å². The molecular formula is C20H13F4N7. The Bertz CT molecular complexity index is 1320. The van der Waals surface area contributed by atoms with E-state index < -0.39 is 17.6 Å². The van der Waals surface area contributed by atoms with Gasteiger partial charge in [0.15, 0.2) is 5.65 Å². The molecule has 0 atom stereocenters. The van der Waals surface area contributed by atoms with E-state index in [9.17, 15) is 17.6 Å². The van der Waals surface area contributed by atoms with Crippen LogP contribution in [-0.4, -0.2) is 31.6 Å². The lowest BCUT2D eigenvalue weighted by atomic mass is 10.1. The van der Waals surface area contributed by atoms with Crippen LogP contribution in [-0.2, 0) is 12.7 Å². The Balaban J connectivity index is 1.82. The van der Waals surface area contributed by atoms with Crippen molar-refractivity contribution < 1.29 is 17.6 Å². The van der Waals surface area contributed by atoms with E-state index in [0.717, 1.165) is 12.1 Å². The molecule has 11 heteroatoms. The Labute approximate surface area is 173 Å². The number of pyridine rings is 1. The van der Waals surface area contributed by atoms with Crippen molar-refractivity contribution in [2.24, 2.45) is 0 Å². The number of nitrogens with one attached hydrogen (secondary N) is 1. The zero-order chi connectivity index (χ0) is 22.2. The number of nitriles is 1. The molecule has 31 heavy (non-hydrogen) atoms. The summed E-state index contributed by atoms with van der Waals surface area (Å²) in [5.74, 6) is -1.10. The van der Waals surface area contributed by atoms with E-state index in [1.54, 1.807) is 25.2 Å². The highest BCUT2D eigenvalue weighted by molar-refractivity contribution is 5.87. The molecule has 156 valence electrons. The van der Waals surface area contributed by atoms with Crippen LogP contribution in [0.2, 0.25) is 0 Å². The quantitative estimate of drug-likeness (QED) is 0.495. The van der Waals surface area contributed by atoms with E-state index in [4.69, 9.17) is 5.26 Å². The van der Waals surface area contributed by atoms with E-state index in [-0.39, 0.29) is 23.8 Å². The molecule has 0 aliphatic heterocycles. The van der Waals surface area contributed by atoms with Gasteiger partial charge in [-0.2, -0.15) is 23.4 Å². The fourth-order valence-electron chi connectivity index (χ4n) is 3.06. The molecule has 0 unspecified atom stereocenters. The molecule has 0 fully saturated rings. The van der Waals surface area contributed by atoms with Crippen LogP contribution < -0.4 is 5.32 Å². The van der Waals surface area contributed by atoms with Crippen LogP contribution in [0.25, 0.3) is 22.6 Å². The molecule has 7 nitrogen and oxygen atoms in total. The molecule has 0 saturated carbocycles. The van der Waals surface area contributed by atoms with Crippen LogP contribution in [0.5, 0.6) is 0 Å². The van der Waals surface area contributed by atoms with E-state index >= 15 is 0 Å². The number of alkyl halides is 3. The Morgan fingerprint density at radius 3 is 2.65 bits per heavy atom. The maximum absolute atomic E-state index is 13.6. The summed E-state index contributed by atoms with van der Waals surface area (Å²) in [6.07, 6.45) is -3.39. The van der Waals surface area contributed by atoms with Crippen LogP contribution >= 0.6 is 0 Å². The molecule has 4 aromatic rings. The average Bonchev–Trinajstić information content (AvgIpc) is 3.16. The van der Waals surface area contributed by atoms with Gasteiger partial charge in [-0.15, -0.1) is 0 Å². The van der Waals surface area contributed by atoms with Crippen LogP contribution in [0.4, 0.5) is 23.5 Å². The SMILES string of the molecule is CNc1nc(-c2cccc(C#N)n2)c2ncn(Cc3ccc(F)c(C(F)(F)F)c3)c2n1. The lowest BCUT2D eigenvalue weighted by Gasteiger charge is -2.11. The van der Waals surface area contributed by atoms with E-state index in [0.29, 0.717) is 22.6 Å². The summed E-state index contributed by atoms with van der Waals surface area (Å²) in [6, 6.07) is 9.64. The predicted molar refractivity (Wildman–Crippen MR) is 103 cm³/mol. The van der Waals surface area contributed by atoms with Crippen molar-refractivity contribution in [1.82, 2.24) is 24.5 Å². The molecule has 0 aliphatic carbocycles. The minimum absolute atomic E-state index is 0.0227. The topological polar surface area (TPSA) is 92.3 Å². The zero-order valence-corrected chi connectivity index (χ0v) is 15.9. The standard InChI is InChI=1S/C20H13F4N7/c1-26-19-29-16(15-4-2-3-12(8-25)28-15)17-18(30-19)31(10-27-17)9-11-5-6-14(21)13(7-11)20(22,23)24/h2-7,10H,9H2,1H3,(H,26,29,30). The van der Waals surface area contributed by atoms with Gasteiger partial charge in [0.2, 0.25) is 5.95 Å². The third-order valence-electron chi connectivity index (χ3n) is 4.48. The molecule has 3 aromatic heterocycles. The first-order chi connectivity index (χ1) is 14.8. The van der Waals surface area contributed by atoms with Crippen molar-refractivity contribution in [3.8, 4) is 17.5 Å². The van der Waals surface area contributed by atoms with E-state index in [2.05, 4.69) is 25.3 Å². The Morgan fingerprint density at radius 2 is 1.94 bits per heavy atom. The summed E-state index contributed by atoms with van der Waals surface area (Å²) < 4.78 is 54.3. The largest absolute Gasteiger partial charge is 0.419 e. The number of fused-ring (bicyclic) bond motifs is 1. The highest BCUT2D eigenvalue weighted by Gasteiger charge is 2.34. The zero-order valence-electron chi connectivity index (χ0n) is 15.9. The summed E-state index contributed by atoms with van der Waals surface area (Å²) in [6.45, 7) is -0.0227. The fraction of sp³-hybridized carbons (Fsp3) is 0.150. The molecule has 0 radical (unpaired) electrons. The molecule has 0 aliphatic rings. The van der Waals surface area contributed by atoms with Gasteiger partial charge in [-0.25, -0.2) is 19.3 Å². The number of anilines is 1. The second kappa shape index (κ2) is 7.64. The van der Waals surface area contributed by atoms with Gasteiger partial charge < -0.3 is 9.88 Å². The smallest absolute Gasteiger partial charge is 0.357 e. The number of halogens is 4. The van der Waals surface area contributed by atoms with E-state index in [1.807, 2.05) is 6.07 Å². The first kappa shape index (κ1) is 20.2. The number of nitrogens with zero attached hydrogens (tertiary/aromatic N) is 6. The van der Waals surface area contributed by atoms with Crippen molar-refractivity contribution in [2.75, 3.05) is 12.4 Å². The summed E-state index contributed by atoms with van der Waals surface area (Å²) in [4.78, 5) is 17.3. The molecule has 0 spiro atoms. The molecule has 0 bridgehead atoms. The summed E-state index contributed by atoms with van der Waals surface area (Å²) in [7, 11) is 1.61. The number of hydrogen-bond donors (Lipinski definition) is 1. The minimum atomic E-state index is -4.80. The maximum atomic E-state index is 13.6. The third kappa shape index (κ3) is 3.87. The first-order valence-electron chi connectivity index (χ1n) is 8.94. The maximum Gasteiger partial charge on any atom is 0.419 e. The van der Waals surface area contributed by atoms with Crippen LogP contribution in [0, 0.1) is 17.1 Å². The fourth-order valence-corrected chi connectivity index (χ4v) is 3.06. The third-order valence-corrected chi connectivity index (χ3v) is 4.48. The van der Waals surface area contributed by atoms with Gasteiger partial charge in [0, 0.05) is 7.05 Å². The predicted octanol–water partition coefficient (Wildman–Crippen LogP) is 4.01. The highest BCUT2D eigenvalue weighted by Crippen LogP contribution is 2.32. The molecule has 3 heterocycles. The summed E-state index contributed by atoms with van der Waals surface area (Å²) >= 11 is 0. The van der Waals surface area contributed by atoms with Crippen molar-refractivity contribution in [3.63, 3.8) is 0 Å². The van der Waals surface area contributed by atoms with Gasteiger partial charge in [0.25, 0.3) is 0 Å². The van der Waals surface area contributed by atoms with Crippen LogP contribution in [0.3, 0.4) is 0 Å². The number of imidazole rings is 1. The number of hydrogen-bond acceptors (Lipinski definition) is 6. The van der Waals surface area contributed by atoms with Gasteiger partial charge in [0.1, 0.15) is 28.8 Å². The lowest BCUT2D eigenvalue weighted by molar-refractivity contribution is -0.140. The molecule has 1 aromatic carbocycles. The number of aromatic nitrogens is 5.